The summed E-state index contributed by atoms with van der Waals surface area (Å²) >= 11 is 2.02. The Morgan fingerprint density at radius 3 is 1.09 bits per heavy atom. The third kappa shape index (κ3) is 6.72. The van der Waals surface area contributed by atoms with Crippen LogP contribution in [0.2, 0.25) is 0 Å². The maximum Gasteiger partial charge on any atom is 0.115 e. The van der Waals surface area contributed by atoms with Gasteiger partial charge in [-0.2, -0.15) is 0 Å². The highest BCUT2D eigenvalue weighted by molar-refractivity contribution is 7.99. The van der Waals surface area contributed by atoms with E-state index in [1.54, 1.807) is 0 Å². The van der Waals surface area contributed by atoms with Gasteiger partial charge in [0.1, 0.15) is 11.5 Å². The molecule has 0 saturated heterocycles. The molecule has 2 aromatic carbocycles. The predicted molar refractivity (Wildman–Crippen MR) is 146 cm³/mol. The average Bonchev–Trinajstić information content (AvgIpc) is 2.60. The quantitative estimate of drug-likeness (QED) is 0.467. The molecule has 0 spiro atoms. The molecule has 2 aromatic rings. The van der Waals surface area contributed by atoms with Gasteiger partial charge in [0.05, 0.1) is 0 Å². The first kappa shape index (κ1) is 27.6. The summed E-state index contributed by atoms with van der Waals surface area (Å²) in [6.45, 7) is 27.2. The highest BCUT2D eigenvalue weighted by Crippen LogP contribution is 2.58. The molecule has 0 aliphatic heterocycles. The van der Waals surface area contributed by atoms with Gasteiger partial charge in [0.15, 0.2) is 0 Å². The lowest BCUT2D eigenvalue weighted by atomic mass is 9.77. The molecule has 0 aliphatic carbocycles. The van der Waals surface area contributed by atoms with E-state index in [1.807, 2.05) is 36.0 Å². The maximum absolute atomic E-state index is 10.3. The molecular weight excluding hydrogens is 424 g/mol. The molecule has 2 rings (SSSR count). The lowest BCUT2D eigenvalue weighted by Gasteiger charge is -2.42. The van der Waals surface area contributed by atoms with Gasteiger partial charge in [-0.15, -0.1) is 11.8 Å². The molecule has 0 bridgehead atoms. The van der Waals surface area contributed by atoms with Crippen molar-refractivity contribution in [1.82, 2.24) is 0 Å². The van der Waals surface area contributed by atoms with Crippen molar-refractivity contribution in [2.24, 2.45) is 10.8 Å². The van der Waals surface area contributed by atoms with E-state index in [0.29, 0.717) is 11.5 Å². The zero-order valence-electron chi connectivity index (χ0n) is 22.9. The number of phenols is 2. The summed E-state index contributed by atoms with van der Waals surface area (Å²) < 4.78 is 0. The van der Waals surface area contributed by atoms with Crippen LogP contribution in [0.1, 0.15) is 116 Å². The molecule has 0 amide bonds. The summed E-state index contributed by atoms with van der Waals surface area (Å²) in [5.74, 6) is 0.643. The molecule has 0 heterocycles. The van der Waals surface area contributed by atoms with Crippen LogP contribution < -0.4 is 0 Å². The SMILES string of the molecule is CC(C)(C)c1cc(O)ccc1C(SC(c1ccc(O)cc1C(C)(C)C)C(C)(C)C)C(C)(C)C. The minimum absolute atomic E-state index is 0.00392. The minimum atomic E-state index is -0.0789. The van der Waals surface area contributed by atoms with E-state index < -0.39 is 0 Å². The first-order valence-electron chi connectivity index (χ1n) is 12.0. The van der Waals surface area contributed by atoms with Gasteiger partial charge in [-0.3, -0.25) is 0 Å². The van der Waals surface area contributed by atoms with Crippen LogP contribution >= 0.6 is 11.8 Å². The predicted octanol–water partition coefficient (Wildman–Crippen LogP) is 9.30. The molecule has 33 heavy (non-hydrogen) atoms. The maximum atomic E-state index is 10.3. The summed E-state index contributed by atoms with van der Waals surface area (Å²) in [5.41, 5.74) is 4.84. The molecule has 2 nitrogen and oxygen atoms in total. The van der Waals surface area contributed by atoms with E-state index in [-0.39, 0.29) is 32.2 Å². The van der Waals surface area contributed by atoms with Crippen molar-refractivity contribution in [3.8, 4) is 11.5 Å². The molecule has 0 radical (unpaired) electrons. The van der Waals surface area contributed by atoms with Crippen molar-refractivity contribution in [1.29, 1.82) is 0 Å². The normalized spacial score (nSPS) is 15.4. The number of thioether (sulfide) groups is 1. The first-order chi connectivity index (χ1) is 14.7. The molecule has 184 valence electrons. The third-order valence-electron chi connectivity index (χ3n) is 6.10. The second-order valence-corrected chi connectivity index (χ2v) is 14.9. The first-order valence-corrected chi connectivity index (χ1v) is 13.0. The van der Waals surface area contributed by atoms with E-state index in [1.165, 1.54) is 22.3 Å². The topological polar surface area (TPSA) is 40.5 Å². The van der Waals surface area contributed by atoms with Crippen molar-refractivity contribution >= 4 is 11.8 Å². The molecule has 0 aromatic heterocycles. The van der Waals surface area contributed by atoms with Gasteiger partial charge in [0.2, 0.25) is 0 Å². The minimum Gasteiger partial charge on any atom is -0.508 e. The van der Waals surface area contributed by atoms with Gasteiger partial charge in [-0.1, -0.05) is 95.2 Å². The van der Waals surface area contributed by atoms with Crippen molar-refractivity contribution in [2.75, 3.05) is 0 Å². The number of hydrogen-bond acceptors (Lipinski definition) is 3. The van der Waals surface area contributed by atoms with E-state index in [2.05, 4.69) is 95.2 Å². The number of phenolic OH excluding ortho intramolecular Hbond substituents is 2. The van der Waals surface area contributed by atoms with Crippen LogP contribution in [0.15, 0.2) is 36.4 Å². The summed E-state index contributed by atoms with van der Waals surface area (Å²) in [6.07, 6.45) is 0. The molecule has 3 heteroatoms. The van der Waals surface area contributed by atoms with Gasteiger partial charge in [0.25, 0.3) is 0 Å². The van der Waals surface area contributed by atoms with Crippen LogP contribution in [0, 0.1) is 10.8 Å². The van der Waals surface area contributed by atoms with Crippen molar-refractivity contribution in [2.45, 2.75) is 104 Å². The summed E-state index contributed by atoms with van der Waals surface area (Å²) in [4.78, 5) is 0. The van der Waals surface area contributed by atoms with Gasteiger partial charge >= 0.3 is 0 Å². The molecule has 0 aliphatic rings. The van der Waals surface area contributed by atoms with Gasteiger partial charge in [-0.05, 0) is 68.2 Å². The molecule has 2 atom stereocenters. The van der Waals surface area contributed by atoms with Crippen LogP contribution in [-0.4, -0.2) is 10.2 Å². The van der Waals surface area contributed by atoms with Crippen molar-refractivity contribution < 1.29 is 10.2 Å². The highest BCUT2D eigenvalue weighted by Gasteiger charge is 2.39. The third-order valence-corrected chi connectivity index (χ3v) is 8.57. The Morgan fingerprint density at radius 1 is 0.545 bits per heavy atom. The fourth-order valence-corrected chi connectivity index (χ4v) is 6.26. The molecule has 0 saturated carbocycles. The Hall–Kier alpha value is -1.61. The standard InChI is InChI=1S/C30H46O2S/c1-27(2,3)23-17-19(31)13-15-21(23)25(29(7,8)9)33-26(30(10,11)12)22-16-14-20(32)18-24(22)28(4,5)6/h13-18,25-26,31-32H,1-12H3. The number of rotatable bonds is 4. The molecule has 0 fully saturated rings. The van der Waals surface area contributed by atoms with E-state index in [0.717, 1.165) is 0 Å². The van der Waals surface area contributed by atoms with Gasteiger partial charge < -0.3 is 10.2 Å². The van der Waals surface area contributed by atoms with Gasteiger partial charge in [0, 0.05) is 10.5 Å². The second-order valence-electron chi connectivity index (χ2n) is 13.7. The summed E-state index contributed by atoms with van der Waals surface area (Å²) in [5, 5.41) is 21.0. The van der Waals surface area contributed by atoms with Gasteiger partial charge in [-0.25, -0.2) is 0 Å². The Bertz CT molecular complexity index is 883. The van der Waals surface area contributed by atoms with Crippen molar-refractivity contribution in [3.05, 3.63) is 58.7 Å². The number of hydrogen-bond donors (Lipinski definition) is 2. The fraction of sp³-hybridized carbons (Fsp3) is 0.600. The summed E-state index contributed by atoms with van der Waals surface area (Å²) in [7, 11) is 0. The van der Waals surface area contributed by atoms with E-state index >= 15 is 0 Å². The molecule has 2 unspecified atom stereocenters. The Balaban J connectivity index is 2.75. The van der Waals surface area contributed by atoms with Crippen molar-refractivity contribution in [3.63, 3.8) is 0 Å². The second kappa shape index (κ2) is 9.21. The molecule has 2 N–H and O–H groups in total. The van der Waals surface area contributed by atoms with Crippen LogP contribution in [-0.2, 0) is 10.8 Å². The highest BCUT2D eigenvalue weighted by atomic mass is 32.2. The molecular formula is C30H46O2S. The largest absolute Gasteiger partial charge is 0.508 e. The van der Waals surface area contributed by atoms with Crippen LogP contribution in [0.4, 0.5) is 0 Å². The number of benzene rings is 2. The van der Waals surface area contributed by atoms with Crippen LogP contribution in [0.25, 0.3) is 0 Å². The van der Waals surface area contributed by atoms with Crippen LogP contribution in [0.5, 0.6) is 11.5 Å². The lowest BCUT2D eigenvalue weighted by Crippen LogP contribution is -2.26. The zero-order chi connectivity index (χ0) is 25.6. The Labute approximate surface area is 207 Å². The smallest absolute Gasteiger partial charge is 0.115 e. The number of aromatic hydroxyl groups is 2. The Kier molecular flexibility index (Phi) is 7.71. The summed E-state index contributed by atoms with van der Waals surface area (Å²) in [6, 6.07) is 11.8. The monoisotopic (exact) mass is 470 g/mol. The average molecular weight is 471 g/mol. The fourth-order valence-electron chi connectivity index (χ4n) is 4.47. The Morgan fingerprint density at radius 2 is 0.848 bits per heavy atom. The van der Waals surface area contributed by atoms with E-state index in [9.17, 15) is 10.2 Å². The lowest BCUT2D eigenvalue weighted by molar-refractivity contribution is 0.373. The zero-order valence-corrected chi connectivity index (χ0v) is 23.7. The van der Waals surface area contributed by atoms with Crippen LogP contribution in [0.3, 0.4) is 0 Å². The van der Waals surface area contributed by atoms with E-state index in [4.69, 9.17) is 0 Å².